The minimum Gasteiger partial charge on any atom is -0.374 e. The van der Waals surface area contributed by atoms with Gasteiger partial charge in [-0.3, -0.25) is 4.79 Å². The molecule has 1 aromatic heterocycles. The molecule has 88 valence electrons. The van der Waals surface area contributed by atoms with E-state index in [9.17, 15) is 4.79 Å². The maximum Gasteiger partial charge on any atom is 0.251 e. The quantitative estimate of drug-likeness (QED) is 0.873. The second-order valence-corrected chi connectivity index (χ2v) is 3.58. The highest BCUT2D eigenvalue weighted by Gasteiger charge is 2.03. The van der Waals surface area contributed by atoms with Gasteiger partial charge in [0.15, 0.2) is 0 Å². The van der Waals surface area contributed by atoms with Crippen LogP contribution in [0, 0.1) is 0 Å². The summed E-state index contributed by atoms with van der Waals surface area (Å²) in [5.41, 5.74) is 1.44. The standard InChI is InChI=1S/C13H14N2O2/c1-2-17-9-12-14-11(8-13(16)15-12)10-6-4-3-5-7-10/h3-8H,2,9H2,1H3,(H,14,15,16). The minimum absolute atomic E-state index is 0.159. The van der Waals surface area contributed by atoms with E-state index >= 15 is 0 Å². The van der Waals surface area contributed by atoms with Gasteiger partial charge in [0.1, 0.15) is 12.4 Å². The molecule has 1 heterocycles. The van der Waals surface area contributed by atoms with E-state index in [2.05, 4.69) is 9.97 Å². The molecule has 0 bridgehead atoms. The predicted molar refractivity (Wildman–Crippen MR) is 65.6 cm³/mol. The molecule has 2 aromatic rings. The van der Waals surface area contributed by atoms with Crippen molar-refractivity contribution in [2.45, 2.75) is 13.5 Å². The Hall–Kier alpha value is -1.94. The molecule has 0 radical (unpaired) electrons. The largest absolute Gasteiger partial charge is 0.374 e. The number of nitrogens with zero attached hydrogens (tertiary/aromatic N) is 1. The van der Waals surface area contributed by atoms with Crippen LogP contribution in [0.3, 0.4) is 0 Å². The molecule has 1 N–H and O–H groups in total. The Morgan fingerprint density at radius 2 is 2.06 bits per heavy atom. The van der Waals surface area contributed by atoms with Gasteiger partial charge in [0, 0.05) is 18.2 Å². The molecule has 0 aliphatic rings. The van der Waals surface area contributed by atoms with Crippen LogP contribution in [0.2, 0.25) is 0 Å². The Bertz CT molecular complexity index is 535. The van der Waals surface area contributed by atoms with E-state index in [4.69, 9.17) is 4.74 Å². The van der Waals surface area contributed by atoms with Crippen LogP contribution < -0.4 is 5.56 Å². The van der Waals surface area contributed by atoms with E-state index < -0.39 is 0 Å². The third-order valence-electron chi connectivity index (χ3n) is 2.30. The number of H-pyrrole nitrogens is 1. The average molecular weight is 230 g/mol. The summed E-state index contributed by atoms with van der Waals surface area (Å²) in [4.78, 5) is 18.5. The van der Waals surface area contributed by atoms with E-state index in [1.54, 1.807) is 0 Å². The third-order valence-corrected chi connectivity index (χ3v) is 2.30. The molecular formula is C13H14N2O2. The van der Waals surface area contributed by atoms with E-state index in [0.29, 0.717) is 24.7 Å². The fourth-order valence-electron chi connectivity index (χ4n) is 1.53. The van der Waals surface area contributed by atoms with Gasteiger partial charge in [-0.15, -0.1) is 0 Å². The van der Waals surface area contributed by atoms with Crippen molar-refractivity contribution < 1.29 is 4.74 Å². The van der Waals surface area contributed by atoms with Crippen molar-refractivity contribution in [2.75, 3.05) is 6.61 Å². The van der Waals surface area contributed by atoms with E-state index in [1.807, 2.05) is 37.3 Å². The zero-order valence-corrected chi connectivity index (χ0v) is 9.64. The summed E-state index contributed by atoms with van der Waals surface area (Å²) in [7, 11) is 0. The fraction of sp³-hybridized carbons (Fsp3) is 0.231. The maximum atomic E-state index is 11.5. The monoisotopic (exact) mass is 230 g/mol. The first-order chi connectivity index (χ1) is 8.29. The van der Waals surface area contributed by atoms with Gasteiger partial charge in [-0.25, -0.2) is 4.98 Å². The topological polar surface area (TPSA) is 55.0 Å². The molecule has 0 unspecified atom stereocenters. The van der Waals surface area contributed by atoms with Crippen molar-refractivity contribution >= 4 is 0 Å². The lowest BCUT2D eigenvalue weighted by molar-refractivity contribution is 0.128. The summed E-state index contributed by atoms with van der Waals surface area (Å²) in [5.74, 6) is 0.554. The van der Waals surface area contributed by atoms with Crippen LogP contribution in [0.1, 0.15) is 12.7 Å². The highest BCUT2D eigenvalue weighted by Crippen LogP contribution is 2.14. The van der Waals surface area contributed by atoms with Crippen LogP contribution >= 0.6 is 0 Å². The molecule has 0 fully saturated rings. The highest BCUT2D eigenvalue weighted by molar-refractivity contribution is 5.58. The van der Waals surface area contributed by atoms with Crippen molar-refractivity contribution in [3.63, 3.8) is 0 Å². The molecule has 0 spiro atoms. The van der Waals surface area contributed by atoms with Crippen LogP contribution in [-0.4, -0.2) is 16.6 Å². The molecule has 1 aromatic carbocycles. The van der Waals surface area contributed by atoms with Gasteiger partial charge in [0.05, 0.1) is 5.69 Å². The van der Waals surface area contributed by atoms with Crippen LogP contribution in [-0.2, 0) is 11.3 Å². The summed E-state index contributed by atoms with van der Waals surface area (Å²) in [6, 6.07) is 11.1. The number of benzene rings is 1. The molecule has 0 saturated carbocycles. The number of ether oxygens (including phenoxy) is 1. The molecule has 0 atom stereocenters. The Morgan fingerprint density at radius 1 is 1.29 bits per heavy atom. The SMILES string of the molecule is CCOCc1nc(-c2ccccc2)cc(=O)[nH]1. The molecule has 17 heavy (non-hydrogen) atoms. The molecule has 4 nitrogen and oxygen atoms in total. The fourth-order valence-corrected chi connectivity index (χ4v) is 1.53. The summed E-state index contributed by atoms with van der Waals surface area (Å²) >= 11 is 0. The second-order valence-electron chi connectivity index (χ2n) is 3.58. The van der Waals surface area contributed by atoms with Crippen molar-refractivity contribution in [3.8, 4) is 11.3 Å². The van der Waals surface area contributed by atoms with Crippen molar-refractivity contribution in [1.29, 1.82) is 0 Å². The van der Waals surface area contributed by atoms with Crippen molar-refractivity contribution in [3.05, 3.63) is 52.6 Å². The highest BCUT2D eigenvalue weighted by atomic mass is 16.5. The molecular weight excluding hydrogens is 216 g/mol. The smallest absolute Gasteiger partial charge is 0.251 e. The van der Waals surface area contributed by atoms with E-state index in [0.717, 1.165) is 5.56 Å². The molecule has 4 heteroatoms. The Balaban J connectivity index is 2.35. The van der Waals surface area contributed by atoms with E-state index in [-0.39, 0.29) is 5.56 Å². The first-order valence-electron chi connectivity index (χ1n) is 5.53. The summed E-state index contributed by atoms with van der Waals surface area (Å²) in [6.45, 7) is 2.82. The first kappa shape index (κ1) is 11.5. The van der Waals surface area contributed by atoms with Crippen LogP contribution in [0.5, 0.6) is 0 Å². The summed E-state index contributed by atoms with van der Waals surface area (Å²) < 4.78 is 5.23. The summed E-state index contributed by atoms with van der Waals surface area (Å²) in [5, 5.41) is 0. The number of hydrogen-bond donors (Lipinski definition) is 1. The van der Waals surface area contributed by atoms with Crippen LogP contribution in [0.25, 0.3) is 11.3 Å². The Kier molecular flexibility index (Phi) is 3.67. The predicted octanol–water partition coefficient (Wildman–Crippen LogP) is 1.97. The number of rotatable bonds is 4. The second kappa shape index (κ2) is 5.41. The zero-order valence-electron chi connectivity index (χ0n) is 9.64. The number of aromatic amines is 1. The molecule has 2 rings (SSSR count). The van der Waals surface area contributed by atoms with Crippen molar-refractivity contribution in [1.82, 2.24) is 9.97 Å². The lowest BCUT2D eigenvalue weighted by Crippen LogP contribution is -2.12. The van der Waals surface area contributed by atoms with Gasteiger partial charge >= 0.3 is 0 Å². The Morgan fingerprint density at radius 3 is 2.76 bits per heavy atom. The minimum atomic E-state index is -0.159. The van der Waals surface area contributed by atoms with Gasteiger partial charge in [0.2, 0.25) is 0 Å². The molecule has 0 aliphatic carbocycles. The normalized spacial score (nSPS) is 10.4. The van der Waals surface area contributed by atoms with Crippen LogP contribution in [0.4, 0.5) is 0 Å². The van der Waals surface area contributed by atoms with Crippen molar-refractivity contribution in [2.24, 2.45) is 0 Å². The number of nitrogens with one attached hydrogen (secondary N) is 1. The molecule has 0 aliphatic heterocycles. The van der Waals surface area contributed by atoms with Gasteiger partial charge in [-0.2, -0.15) is 0 Å². The zero-order chi connectivity index (χ0) is 12.1. The van der Waals surface area contributed by atoms with Gasteiger partial charge in [0.25, 0.3) is 5.56 Å². The Labute approximate surface area is 99.3 Å². The van der Waals surface area contributed by atoms with Crippen LogP contribution in [0.15, 0.2) is 41.2 Å². The average Bonchev–Trinajstić information content (AvgIpc) is 2.37. The third kappa shape index (κ3) is 3.01. The van der Waals surface area contributed by atoms with E-state index in [1.165, 1.54) is 6.07 Å². The summed E-state index contributed by atoms with van der Waals surface area (Å²) in [6.07, 6.45) is 0. The number of aromatic nitrogens is 2. The molecule has 0 amide bonds. The lowest BCUT2D eigenvalue weighted by Gasteiger charge is -2.04. The maximum absolute atomic E-state index is 11.5. The number of hydrogen-bond acceptors (Lipinski definition) is 3. The molecule has 0 saturated heterocycles. The first-order valence-corrected chi connectivity index (χ1v) is 5.53. The van der Waals surface area contributed by atoms with Gasteiger partial charge in [-0.05, 0) is 6.92 Å². The lowest BCUT2D eigenvalue weighted by atomic mass is 10.1. The van der Waals surface area contributed by atoms with Gasteiger partial charge < -0.3 is 9.72 Å². The van der Waals surface area contributed by atoms with Gasteiger partial charge in [-0.1, -0.05) is 30.3 Å².